The number of carbonyl (C=O) groups is 2. The van der Waals surface area contributed by atoms with Crippen LogP contribution in [-0.2, 0) is 16.1 Å². The molecule has 2 aromatic heterocycles. The van der Waals surface area contributed by atoms with Crippen LogP contribution in [0.25, 0.3) is 43.6 Å². The summed E-state index contributed by atoms with van der Waals surface area (Å²) in [4.78, 5) is 30.2. The number of Topliss-reactive ketones (excluding diaryl/α,β-unsaturated/α-hetero) is 2. The minimum Gasteiger partial charge on any atom is -0.394 e. The van der Waals surface area contributed by atoms with Gasteiger partial charge in [-0.15, -0.1) is 0 Å². The highest BCUT2D eigenvalue weighted by molar-refractivity contribution is 6.40. The van der Waals surface area contributed by atoms with Crippen LogP contribution < -0.4 is 0 Å². The van der Waals surface area contributed by atoms with E-state index < -0.39 is 47.7 Å². The number of nitrogens with one attached hydrogen (secondary N) is 1. The Balaban J connectivity index is 1.48. The monoisotopic (exact) mass is 596 g/mol. The summed E-state index contributed by atoms with van der Waals surface area (Å²) in [6, 6.07) is 17.7. The number of hydrogen-bond acceptors (Lipinski definition) is 6. The van der Waals surface area contributed by atoms with Crippen LogP contribution in [0.15, 0.2) is 66.7 Å². The first-order valence-corrected chi connectivity index (χ1v) is 14.4. The van der Waals surface area contributed by atoms with Crippen molar-refractivity contribution in [2.75, 3.05) is 6.61 Å². The van der Waals surface area contributed by atoms with Gasteiger partial charge in [0.15, 0.2) is 17.8 Å². The minimum atomic E-state index is -1.05. The van der Waals surface area contributed by atoms with E-state index in [4.69, 9.17) is 9.47 Å². The Labute approximate surface area is 248 Å². The van der Waals surface area contributed by atoms with Crippen LogP contribution in [-0.4, -0.2) is 56.2 Å². The van der Waals surface area contributed by atoms with E-state index in [2.05, 4.69) is 4.98 Å². The van der Waals surface area contributed by atoms with Crippen LogP contribution >= 0.6 is 0 Å². The highest BCUT2D eigenvalue weighted by atomic mass is 19.1. The smallest absolute Gasteiger partial charge is 0.172 e. The van der Waals surface area contributed by atoms with Gasteiger partial charge in [-0.1, -0.05) is 30.3 Å². The molecule has 6 aromatic rings. The summed E-state index contributed by atoms with van der Waals surface area (Å²) < 4.78 is 43.9. The van der Waals surface area contributed by atoms with Gasteiger partial charge in [0, 0.05) is 44.6 Å². The average molecular weight is 597 g/mol. The Morgan fingerprint density at radius 1 is 0.932 bits per heavy atom. The maximum absolute atomic E-state index is 14.9. The largest absolute Gasteiger partial charge is 0.394 e. The second kappa shape index (κ2) is 10.0. The SMILES string of the molecule is O=C1CC(=O)c2c1c1c3cc(F)ccc3[nH]c1c1c2c2cc(F)ccc2n1[C@@H]1O[C@H](CO)C[C@H](O)[C@H]1OCc1ccccc1. The van der Waals surface area contributed by atoms with E-state index in [1.165, 1.54) is 24.3 Å². The number of nitrogens with zero attached hydrogens (tertiary/aromatic N) is 1. The second-order valence-corrected chi connectivity index (χ2v) is 11.5. The van der Waals surface area contributed by atoms with Crippen molar-refractivity contribution in [2.24, 2.45) is 0 Å². The lowest BCUT2D eigenvalue weighted by atomic mass is 9.96. The molecule has 1 aliphatic carbocycles. The molecule has 0 saturated carbocycles. The molecule has 8 rings (SSSR count). The van der Waals surface area contributed by atoms with E-state index in [0.717, 1.165) is 5.56 Å². The fourth-order valence-corrected chi connectivity index (χ4v) is 6.99. The molecule has 4 aromatic carbocycles. The maximum atomic E-state index is 14.9. The topological polar surface area (TPSA) is 114 Å². The number of ether oxygens (including phenoxy) is 2. The quantitative estimate of drug-likeness (QED) is 0.220. The molecule has 0 radical (unpaired) electrons. The van der Waals surface area contributed by atoms with Crippen molar-refractivity contribution in [3.63, 3.8) is 0 Å². The third-order valence-corrected chi connectivity index (χ3v) is 8.83. The summed E-state index contributed by atoms with van der Waals surface area (Å²) in [6.45, 7) is -0.213. The molecule has 10 heteroatoms. The summed E-state index contributed by atoms with van der Waals surface area (Å²) in [5.74, 6) is -1.87. The number of H-pyrrole nitrogens is 1. The number of hydrogen-bond donors (Lipinski definition) is 3. The lowest BCUT2D eigenvalue weighted by molar-refractivity contribution is -0.222. The highest BCUT2D eigenvalue weighted by Crippen LogP contribution is 2.47. The Bertz CT molecular complexity index is 2150. The van der Waals surface area contributed by atoms with Crippen molar-refractivity contribution in [3.05, 3.63) is 95.1 Å². The minimum absolute atomic E-state index is 0.113. The molecule has 0 bridgehead atoms. The van der Waals surface area contributed by atoms with Crippen molar-refractivity contribution >= 4 is 55.2 Å². The summed E-state index contributed by atoms with van der Waals surface area (Å²) in [5.41, 5.74) is 3.06. The Kier molecular flexibility index (Phi) is 6.18. The number of halogens is 2. The van der Waals surface area contributed by atoms with Gasteiger partial charge in [-0.3, -0.25) is 9.59 Å². The number of benzene rings is 4. The molecule has 0 unspecified atom stereocenters. The molecule has 4 atom stereocenters. The van der Waals surface area contributed by atoms with E-state index in [0.29, 0.717) is 43.6 Å². The van der Waals surface area contributed by atoms with E-state index in [-0.39, 0.29) is 37.2 Å². The lowest BCUT2D eigenvalue weighted by Crippen LogP contribution is -2.48. The van der Waals surface area contributed by atoms with Crippen molar-refractivity contribution in [1.82, 2.24) is 9.55 Å². The fraction of sp³-hybridized carbons (Fsp3) is 0.235. The molecule has 2 aliphatic rings. The predicted octanol–water partition coefficient (Wildman–Crippen LogP) is 5.70. The maximum Gasteiger partial charge on any atom is 0.172 e. The van der Waals surface area contributed by atoms with E-state index in [1.54, 1.807) is 16.7 Å². The normalized spacial score (nSPS) is 22.2. The second-order valence-electron chi connectivity index (χ2n) is 11.5. The molecule has 0 amide bonds. The third kappa shape index (κ3) is 3.95. The molecular formula is C34H26F2N2O6. The molecule has 0 spiro atoms. The van der Waals surface area contributed by atoms with E-state index in [9.17, 15) is 28.6 Å². The molecule has 44 heavy (non-hydrogen) atoms. The molecule has 3 heterocycles. The average Bonchev–Trinajstić information content (AvgIpc) is 3.64. The van der Waals surface area contributed by atoms with Gasteiger partial charge in [-0.05, 0) is 42.0 Å². The number of fused-ring (bicyclic) bond motifs is 10. The molecule has 3 N–H and O–H groups in total. The van der Waals surface area contributed by atoms with Crippen LogP contribution in [0.1, 0.15) is 45.3 Å². The molecule has 8 nitrogen and oxygen atoms in total. The highest BCUT2D eigenvalue weighted by Gasteiger charge is 2.43. The lowest BCUT2D eigenvalue weighted by Gasteiger charge is -2.40. The summed E-state index contributed by atoms with van der Waals surface area (Å²) >= 11 is 0. The molecular weight excluding hydrogens is 570 g/mol. The zero-order valence-electron chi connectivity index (χ0n) is 23.2. The first-order chi connectivity index (χ1) is 21.3. The molecule has 222 valence electrons. The van der Waals surface area contributed by atoms with Crippen LogP contribution in [0, 0.1) is 11.6 Å². The number of rotatable bonds is 5. The zero-order chi connectivity index (χ0) is 30.3. The van der Waals surface area contributed by atoms with Gasteiger partial charge in [0.1, 0.15) is 17.7 Å². The van der Waals surface area contributed by atoms with Crippen LogP contribution in [0.3, 0.4) is 0 Å². The van der Waals surface area contributed by atoms with Gasteiger partial charge in [0.25, 0.3) is 0 Å². The van der Waals surface area contributed by atoms with Crippen molar-refractivity contribution in [3.8, 4) is 0 Å². The van der Waals surface area contributed by atoms with Crippen LogP contribution in [0.5, 0.6) is 0 Å². The summed E-state index contributed by atoms with van der Waals surface area (Å²) in [6.07, 6.45) is -4.02. The third-order valence-electron chi connectivity index (χ3n) is 8.83. The number of aromatic nitrogens is 2. The molecule has 1 aliphatic heterocycles. The fourth-order valence-electron chi connectivity index (χ4n) is 6.99. The first kappa shape index (κ1) is 27.1. The van der Waals surface area contributed by atoms with Crippen molar-refractivity contribution in [2.45, 2.75) is 44.0 Å². The van der Waals surface area contributed by atoms with Gasteiger partial charge in [-0.2, -0.15) is 0 Å². The molecule has 1 saturated heterocycles. The van der Waals surface area contributed by atoms with Crippen LogP contribution in [0.4, 0.5) is 8.78 Å². The van der Waals surface area contributed by atoms with Crippen molar-refractivity contribution in [1.29, 1.82) is 0 Å². The number of aliphatic hydroxyl groups excluding tert-OH is 2. The number of ketones is 2. The summed E-state index contributed by atoms with van der Waals surface area (Å²) in [5, 5.41) is 23.0. The zero-order valence-corrected chi connectivity index (χ0v) is 23.2. The predicted molar refractivity (Wildman–Crippen MR) is 159 cm³/mol. The van der Waals surface area contributed by atoms with E-state index >= 15 is 0 Å². The Hall–Kier alpha value is -4.48. The summed E-state index contributed by atoms with van der Waals surface area (Å²) in [7, 11) is 0. The number of carbonyl (C=O) groups excluding carboxylic acids is 2. The Morgan fingerprint density at radius 2 is 1.64 bits per heavy atom. The number of aliphatic hydroxyl groups is 2. The first-order valence-electron chi connectivity index (χ1n) is 14.4. The Morgan fingerprint density at radius 3 is 2.39 bits per heavy atom. The van der Waals surface area contributed by atoms with Gasteiger partial charge < -0.3 is 29.2 Å². The van der Waals surface area contributed by atoms with E-state index in [1.807, 2.05) is 30.3 Å². The van der Waals surface area contributed by atoms with Gasteiger partial charge >= 0.3 is 0 Å². The standard InChI is InChI=1S/C34H26F2N2O6/c35-17-6-8-22-20(10-17)27-29-24(40)13-25(41)30(29)28-21-11-18(36)7-9-23(21)38(32(28)31(27)37-22)34-33(26(42)12-19(14-39)44-34)43-15-16-4-2-1-3-5-16/h1-11,19,26,33-34,37,39,42H,12-15H2/t19-,26-,33+,34+/m0/s1. The van der Waals surface area contributed by atoms with Crippen LogP contribution in [0.2, 0.25) is 0 Å². The van der Waals surface area contributed by atoms with Gasteiger partial charge in [0.2, 0.25) is 0 Å². The van der Waals surface area contributed by atoms with Gasteiger partial charge in [0.05, 0.1) is 48.4 Å². The molecule has 1 fully saturated rings. The number of aromatic amines is 1. The van der Waals surface area contributed by atoms with Crippen molar-refractivity contribution < 1.29 is 38.1 Å². The van der Waals surface area contributed by atoms with Gasteiger partial charge in [-0.25, -0.2) is 8.78 Å².